The molecule has 2 fully saturated rings. The number of rotatable bonds is 6. The molecular weight excluding hydrogens is 280 g/mol. The van der Waals surface area contributed by atoms with Crippen LogP contribution in [0.3, 0.4) is 0 Å². The van der Waals surface area contributed by atoms with Crippen LogP contribution in [0.2, 0.25) is 0 Å². The number of fused-ring (bicyclic) bond motifs is 1. The van der Waals surface area contributed by atoms with Gasteiger partial charge in [-0.1, -0.05) is 27.7 Å². The molecule has 0 unspecified atom stereocenters. The van der Waals surface area contributed by atoms with Crippen LogP contribution in [0, 0.1) is 22.7 Å². The predicted octanol–water partition coefficient (Wildman–Crippen LogP) is 3.43. The highest BCUT2D eigenvalue weighted by Crippen LogP contribution is 2.57. The zero-order valence-electron chi connectivity index (χ0n) is 14.8. The van der Waals surface area contributed by atoms with Crippen molar-refractivity contribution in [2.45, 2.75) is 59.5 Å². The lowest BCUT2D eigenvalue weighted by atomic mass is 9.49. The molecule has 0 amide bonds. The number of hydrogen-bond donors (Lipinski definition) is 0. The quantitative estimate of drug-likeness (QED) is 0.557. The van der Waals surface area contributed by atoms with E-state index in [1.165, 1.54) is 0 Å². The van der Waals surface area contributed by atoms with Crippen LogP contribution in [0.1, 0.15) is 53.4 Å². The van der Waals surface area contributed by atoms with Crippen LogP contribution in [0.4, 0.5) is 0 Å². The fraction of sp³-hybridized carbons (Fsp3) is 0.944. The van der Waals surface area contributed by atoms with E-state index < -0.39 is 0 Å². The van der Waals surface area contributed by atoms with Gasteiger partial charge in [0, 0.05) is 18.4 Å². The Kier molecular flexibility index (Phi) is 5.68. The second-order valence-corrected chi connectivity index (χ2v) is 7.85. The van der Waals surface area contributed by atoms with Gasteiger partial charge in [0.15, 0.2) is 0 Å². The first kappa shape index (κ1) is 17.9. The van der Waals surface area contributed by atoms with Gasteiger partial charge in [0.05, 0.1) is 19.3 Å². The summed E-state index contributed by atoms with van der Waals surface area (Å²) >= 11 is 0. The van der Waals surface area contributed by atoms with Gasteiger partial charge in [0.1, 0.15) is 12.6 Å². The molecule has 0 N–H and O–H groups in total. The van der Waals surface area contributed by atoms with Gasteiger partial charge in [-0.05, 0) is 37.0 Å². The summed E-state index contributed by atoms with van der Waals surface area (Å²) in [7, 11) is 1.66. The molecule has 0 radical (unpaired) electrons. The van der Waals surface area contributed by atoms with Gasteiger partial charge < -0.3 is 14.2 Å². The van der Waals surface area contributed by atoms with Crippen LogP contribution in [0.25, 0.3) is 0 Å². The number of carbonyl (C=O) groups is 1. The Morgan fingerprint density at radius 3 is 2.55 bits per heavy atom. The third-order valence-electron chi connectivity index (χ3n) is 6.11. The number of ether oxygens (including phenoxy) is 3. The molecule has 2 aliphatic rings. The molecule has 0 spiro atoms. The maximum atomic E-state index is 12.7. The first-order valence-electron chi connectivity index (χ1n) is 8.56. The zero-order valence-corrected chi connectivity index (χ0v) is 14.8. The molecule has 0 heterocycles. The zero-order chi connectivity index (χ0) is 16.4. The van der Waals surface area contributed by atoms with Gasteiger partial charge in [-0.3, -0.25) is 4.79 Å². The summed E-state index contributed by atoms with van der Waals surface area (Å²) in [5.74, 6) is 1.08. The molecule has 4 heteroatoms. The highest BCUT2D eigenvalue weighted by molar-refractivity contribution is 5.87. The minimum absolute atomic E-state index is 0.00736. The van der Waals surface area contributed by atoms with Crippen molar-refractivity contribution in [1.29, 1.82) is 0 Å². The van der Waals surface area contributed by atoms with Crippen LogP contribution < -0.4 is 0 Å². The minimum atomic E-state index is -0.169. The molecule has 4 atom stereocenters. The lowest BCUT2D eigenvalue weighted by Gasteiger charge is -2.56. The van der Waals surface area contributed by atoms with Crippen LogP contribution >= 0.6 is 0 Å². The summed E-state index contributed by atoms with van der Waals surface area (Å²) in [5, 5.41) is 0. The van der Waals surface area contributed by atoms with Crippen molar-refractivity contribution in [3.8, 4) is 0 Å². The molecule has 4 nitrogen and oxygen atoms in total. The normalized spacial score (nSPS) is 37.9. The lowest BCUT2D eigenvalue weighted by molar-refractivity contribution is -0.188. The Morgan fingerprint density at radius 1 is 1.14 bits per heavy atom. The van der Waals surface area contributed by atoms with Crippen molar-refractivity contribution in [3.63, 3.8) is 0 Å². The average molecular weight is 312 g/mol. The molecule has 0 aromatic rings. The molecule has 0 aromatic heterocycles. The van der Waals surface area contributed by atoms with E-state index in [4.69, 9.17) is 14.2 Å². The molecule has 128 valence electrons. The maximum Gasteiger partial charge on any atom is 0.147 e. The Balaban J connectivity index is 1.99. The third kappa shape index (κ3) is 3.24. The maximum absolute atomic E-state index is 12.7. The minimum Gasteiger partial charge on any atom is -0.382 e. The van der Waals surface area contributed by atoms with E-state index in [2.05, 4.69) is 27.7 Å². The Labute approximate surface area is 134 Å². The molecule has 0 aliphatic heterocycles. The van der Waals surface area contributed by atoms with E-state index in [0.29, 0.717) is 31.7 Å². The first-order chi connectivity index (χ1) is 10.3. The average Bonchev–Trinajstić information content (AvgIpc) is 2.46. The number of carbonyl (C=O) groups excluding carboxylic acids is 1. The largest absolute Gasteiger partial charge is 0.382 e. The van der Waals surface area contributed by atoms with E-state index in [1.807, 2.05) is 0 Å². The summed E-state index contributed by atoms with van der Waals surface area (Å²) < 4.78 is 16.4. The third-order valence-corrected chi connectivity index (χ3v) is 6.11. The van der Waals surface area contributed by atoms with Gasteiger partial charge in [0.2, 0.25) is 0 Å². The van der Waals surface area contributed by atoms with E-state index in [0.717, 1.165) is 25.7 Å². The molecule has 2 rings (SSSR count). The Bertz CT molecular complexity index is 393. The van der Waals surface area contributed by atoms with Crippen molar-refractivity contribution in [1.82, 2.24) is 0 Å². The molecule has 0 bridgehead atoms. The predicted molar refractivity (Wildman–Crippen MR) is 85.6 cm³/mol. The fourth-order valence-electron chi connectivity index (χ4n) is 4.75. The van der Waals surface area contributed by atoms with Crippen LogP contribution in [0.5, 0.6) is 0 Å². The van der Waals surface area contributed by atoms with Crippen molar-refractivity contribution in [3.05, 3.63) is 0 Å². The number of methoxy groups -OCH3 is 1. The SMILES string of the molecule is COCCOCO[C@H]1CC[C@]2(C)C(=O)[C@H](C)CC[C@H]2C1(C)C. The summed E-state index contributed by atoms with van der Waals surface area (Å²) in [6.07, 6.45) is 4.17. The summed E-state index contributed by atoms with van der Waals surface area (Å²) in [4.78, 5) is 12.7. The number of hydrogen-bond acceptors (Lipinski definition) is 4. The van der Waals surface area contributed by atoms with Crippen molar-refractivity contribution >= 4 is 5.78 Å². The molecule has 22 heavy (non-hydrogen) atoms. The topological polar surface area (TPSA) is 44.8 Å². The Morgan fingerprint density at radius 2 is 1.86 bits per heavy atom. The first-order valence-corrected chi connectivity index (χ1v) is 8.56. The van der Waals surface area contributed by atoms with Crippen molar-refractivity contribution < 1.29 is 19.0 Å². The molecular formula is C18H32O4. The molecule has 2 saturated carbocycles. The van der Waals surface area contributed by atoms with E-state index in [9.17, 15) is 4.79 Å². The highest BCUT2D eigenvalue weighted by Gasteiger charge is 2.57. The van der Waals surface area contributed by atoms with Crippen molar-refractivity contribution in [2.75, 3.05) is 27.1 Å². The van der Waals surface area contributed by atoms with E-state index in [-0.39, 0.29) is 22.9 Å². The standard InChI is InChI=1S/C18H32O4/c1-13-6-7-14-17(2,3)15(22-12-21-11-10-20-5)8-9-18(14,4)16(13)19/h13-15H,6-12H2,1-5H3/t13-,14+,15+,18+/m1/s1. The molecule has 0 aromatic carbocycles. The highest BCUT2D eigenvalue weighted by atomic mass is 16.7. The van der Waals surface area contributed by atoms with Crippen LogP contribution in [-0.2, 0) is 19.0 Å². The van der Waals surface area contributed by atoms with Gasteiger partial charge in [-0.25, -0.2) is 0 Å². The Hall–Kier alpha value is -0.450. The summed E-state index contributed by atoms with van der Waals surface area (Å²) in [6, 6.07) is 0. The van der Waals surface area contributed by atoms with Crippen LogP contribution in [-0.4, -0.2) is 39.0 Å². The van der Waals surface area contributed by atoms with E-state index >= 15 is 0 Å². The monoisotopic (exact) mass is 312 g/mol. The molecule has 0 saturated heterocycles. The van der Waals surface area contributed by atoms with Gasteiger partial charge >= 0.3 is 0 Å². The van der Waals surface area contributed by atoms with Crippen molar-refractivity contribution in [2.24, 2.45) is 22.7 Å². The summed E-state index contributed by atoms with van der Waals surface area (Å²) in [5.41, 5.74) is -0.161. The second-order valence-electron chi connectivity index (χ2n) is 7.85. The second kappa shape index (κ2) is 6.98. The number of Topliss-reactive ketones (excluding diaryl/α,β-unsaturated/α-hetero) is 1. The van der Waals surface area contributed by atoms with Gasteiger partial charge in [-0.15, -0.1) is 0 Å². The molecule has 2 aliphatic carbocycles. The lowest BCUT2D eigenvalue weighted by Crippen LogP contribution is -2.57. The van der Waals surface area contributed by atoms with Gasteiger partial charge in [-0.2, -0.15) is 0 Å². The fourth-order valence-corrected chi connectivity index (χ4v) is 4.75. The smallest absolute Gasteiger partial charge is 0.147 e. The van der Waals surface area contributed by atoms with Crippen LogP contribution in [0.15, 0.2) is 0 Å². The van der Waals surface area contributed by atoms with Gasteiger partial charge in [0.25, 0.3) is 0 Å². The summed E-state index contributed by atoms with van der Waals surface area (Å²) in [6.45, 7) is 10.2. The number of ketones is 1. The van der Waals surface area contributed by atoms with E-state index in [1.54, 1.807) is 7.11 Å².